The van der Waals surface area contributed by atoms with Gasteiger partial charge in [-0.05, 0) is 51.9 Å². The van der Waals surface area contributed by atoms with Gasteiger partial charge in [-0.1, -0.05) is 31.0 Å². The Bertz CT molecular complexity index is 982. The molecule has 2 saturated heterocycles. The quantitative estimate of drug-likeness (QED) is 0.532. The SMILES string of the molecule is CN1CCC(N(C)C(=O)C(=O)c2cn(CC(=O)N3CCCCCC3)c3ccccc23)CC1. The third-order valence-corrected chi connectivity index (χ3v) is 7.05. The number of ketones is 1. The minimum absolute atomic E-state index is 0.0708. The van der Waals surface area contributed by atoms with E-state index in [1.807, 2.05) is 33.7 Å². The number of hydrogen-bond donors (Lipinski definition) is 0. The smallest absolute Gasteiger partial charge is 0.295 e. The number of rotatable bonds is 5. The van der Waals surface area contributed by atoms with Crippen LogP contribution in [0.15, 0.2) is 30.5 Å². The average Bonchev–Trinajstić information content (AvgIpc) is 2.98. The molecule has 2 amide bonds. The zero-order valence-electron chi connectivity index (χ0n) is 19.3. The van der Waals surface area contributed by atoms with Crippen LogP contribution in [0.2, 0.25) is 0 Å². The molecule has 0 aliphatic carbocycles. The standard InChI is InChI=1S/C25H34N4O3/c1-26-15-11-19(12-16-26)27(2)25(32)24(31)21-17-29(22-10-6-5-9-20(21)22)18-23(30)28-13-7-3-4-8-14-28/h5-6,9-10,17,19H,3-4,7-8,11-16,18H2,1-2H3. The Morgan fingerprint density at radius 2 is 1.62 bits per heavy atom. The summed E-state index contributed by atoms with van der Waals surface area (Å²) in [5, 5.41) is 0.728. The molecule has 2 aromatic rings. The van der Waals surface area contributed by atoms with Crippen LogP contribution in [0.5, 0.6) is 0 Å². The molecule has 2 aliphatic heterocycles. The zero-order chi connectivity index (χ0) is 22.7. The van der Waals surface area contributed by atoms with Crippen LogP contribution in [-0.4, -0.2) is 83.2 Å². The molecule has 2 fully saturated rings. The largest absolute Gasteiger partial charge is 0.341 e. The second-order valence-corrected chi connectivity index (χ2v) is 9.26. The lowest BCUT2D eigenvalue weighted by Crippen LogP contribution is -2.46. The monoisotopic (exact) mass is 438 g/mol. The molecule has 0 unspecified atom stereocenters. The van der Waals surface area contributed by atoms with Gasteiger partial charge in [0, 0.05) is 43.3 Å². The molecule has 0 radical (unpaired) electrons. The number of hydrogen-bond acceptors (Lipinski definition) is 4. The van der Waals surface area contributed by atoms with E-state index < -0.39 is 11.7 Å². The first kappa shape index (κ1) is 22.5. The molecule has 32 heavy (non-hydrogen) atoms. The first-order valence-electron chi connectivity index (χ1n) is 11.8. The van der Waals surface area contributed by atoms with Crippen LogP contribution in [0.3, 0.4) is 0 Å². The van der Waals surface area contributed by atoms with Crippen molar-refractivity contribution < 1.29 is 14.4 Å². The molecule has 172 valence electrons. The van der Waals surface area contributed by atoms with Crippen molar-refractivity contribution in [1.82, 2.24) is 19.3 Å². The number of likely N-dealkylation sites (tertiary alicyclic amines) is 2. The van der Waals surface area contributed by atoms with Gasteiger partial charge in [-0.25, -0.2) is 0 Å². The molecule has 2 aliphatic rings. The van der Waals surface area contributed by atoms with Gasteiger partial charge in [0.25, 0.3) is 11.7 Å². The predicted molar refractivity (Wildman–Crippen MR) is 125 cm³/mol. The zero-order valence-corrected chi connectivity index (χ0v) is 19.3. The molecule has 0 N–H and O–H groups in total. The van der Waals surface area contributed by atoms with E-state index >= 15 is 0 Å². The number of carbonyl (C=O) groups is 3. The molecule has 4 rings (SSSR count). The number of aromatic nitrogens is 1. The Labute approximate surface area is 189 Å². The fourth-order valence-corrected chi connectivity index (χ4v) is 4.95. The number of Topliss-reactive ketones (excluding diaryl/α,β-unsaturated/α-hetero) is 1. The molecule has 7 heteroatoms. The maximum atomic E-state index is 13.2. The molecule has 0 spiro atoms. The second-order valence-electron chi connectivity index (χ2n) is 9.26. The van der Waals surface area contributed by atoms with Crippen LogP contribution in [0.1, 0.15) is 48.9 Å². The summed E-state index contributed by atoms with van der Waals surface area (Å²) >= 11 is 0. The highest BCUT2D eigenvalue weighted by Crippen LogP contribution is 2.24. The number of likely N-dealkylation sites (N-methyl/N-ethyl adjacent to an activating group) is 1. The van der Waals surface area contributed by atoms with Crippen molar-refractivity contribution in [3.05, 3.63) is 36.0 Å². The van der Waals surface area contributed by atoms with E-state index in [0.29, 0.717) is 5.56 Å². The Hall–Kier alpha value is -2.67. The molecule has 0 saturated carbocycles. The van der Waals surface area contributed by atoms with E-state index in [1.54, 1.807) is 18.1 Å². The highest BCUT2D eigenvalue weighted by atomic mass is 16.2. The third-order valence-electron chi connectivity index (χ3n) is 7.05. The number of para-hydroxylation sites is 1. The van der Waals surface area contributed by atoms with E-state index in [-0.39, 0.29) is 18.5 Å². The van der Waals surface area contributed by atoms with Gasteiger partial charge in [0.2, 0.25) is 5.91 Å². The molecular formula is C25H34N4O3. The van der Waals surface area contributed by atoms with E-state index in [9.17, 15) is 14.4 Å². The Morgan fingerprint density at radius 1 is 0.969 bits per heavy atom. The summed E-state index contributed by atoms with van der Waals surface area (Å²) in [4.78, 5) is 45.1. The van der Waals surface area contributed by atoms with Gasteiger partial charge < -0.3 is 19.3 Å². The van der Waals surface area contributed by atoms with E-state index in [2.05, 4.69) is 11.9 Å². The van der Waals surface area contributed by atoms with Crippen LogP contribution in [0.25, 0.3) is 10.9 Å². The van der Waals surface area contributed by atoms with Crippen molar-refractivity contribution >= 4 is 28.5 Å². The maximum absolute atomic E-state index is 13.2. The van der Waals surface area contributed by atoms with Gasteiger partial charge in [0.15, 0.2) is 0 Å². The number of fused-ring (bicyclic) bond motifs is 1. The molecule has 0 bridgehead atoms. The lowest BCUT2D eigenvalue weighted by molar-refractivity contribution is -0.131. The number of nitrogens with zero attached hydrogens (tertiary/aromatic N) is 4. The maximum Gasteiger partial charge on any atom is 0.295 e. The van der Waals surface area contributed by atoms with Crippen molar-refractivity contribution in [2.45, 2.75) is 51.1 Å². The number of amides is 2. The molecule has 0 atom stereocenters. The van der Waals surface area contributed by atoms with Crippen LogP contribution >= 0.6 is 0 Å². The molecule has 3 heterocycles. The Morgan fingerprint density at radius 3 is 2.31 bits per heavy atom. The number of piperidine rings is 1. The summed E-state index contributed by atoms with van der Waals surface area (Å²) in [6.45, 7) is 3.63. The minimum Gasteiger partial charge on any atom is -0.341 e. The predicted octanol–water partition coefficient (Wildman–Crippen LogP) is 2.78. The van der Waals surface area contributed by atoms with Gasteiger partial charge in [-0.3, -0.25) is 14.4 Å². The summed E-state index contributed by atoms with van der Waals surface area (Å²) in [6, 6.07) is 7.62. The van der Waals surface area contributed by atoms with E-state index in [0.717, 1.165) is 62.8 Å². The highest BCUT2D eigenvalue weighted by molar-refractivity contribution is 6.44. The van der Waals surface area contributed by atoms with Crippen molar-refractivity contribution in [2.75, 3.05) is 40.3 Å². The topological polar surface area (TPSA) is 65.9 Å². The number of benzene rings is 1. The van der Waals surface area contributed by atoms with Crippen LogP contribution in [0.4, 0.5) is 0 Å². The van der Waals surface area contributed by atoms with E-state index in [1.165, 1.54) is 12.8 Å². The highest BCUT2D eigenvalue weighted by Gasteiger charge is 2.30. The van der Waals surface area contributed by atoms with Crippen molar-refractivity contribution in [1.29, 1.82) is 0 Å². The second kappa shape index (κ2) is 9.86. The fourth-order valence-electron chi connectivity index (χ4n) is 4.95. The summed E-state index contributed by atoms with van der Waals surface area (Å²) < 4.78 is 1.83. The third kappa shape index (κ3) is 4.72. The normalized spacial score (nSPS) is 18.5. The molecule has 1 aromatic carbocycles. The molecule has 7 nitrogen and oxygen atoms in total. The average molecular weight is 439 g/mol. The first-order chi connectivity index (χ1) is 15.5. The summed E-state index contributed by atoms with van der Waals surface area (Å²) in [6.07, 6.45) is 7.86. The Kier molecular flexibility index (Phi) is 6.94. The lowest BCUT2D eigenvalue weighted by Gasteiger charge is -2.34. The van der Waals surface area contributed by atoms with Crippen LogP contribution in [-0.2, 0) is 16.1 Å². The van der Waals surface area contributed by atoms with Crippen LogP contribution < -0.4 is 0 Å². The Balaban J connectivity index is 1.54. The van der Waals surface area contributed by atoms with Crippen molar-refractivity contribution in [2.24, 2.45) is 0 Å². The van der Waals surface area contributed by atoms with Gasteiger partial charge in [-0.2, -0.15) is 0 Å². The lowest BCUT2D eigenvalue weighted by atomic mass is 10.0. The van der Waals surface area contributed by atoms with Gasteiger partial charge in [-0.15, -0.1) is 0 Å². The minimum atomic E-state index is -0.497. The molecule has 1 aromatic heterocycles. The summed E-state index contributed by atoms with van der Waals surface area (Å²) in [5.74, 6) is -0.897. The van der Waals surface area contributed by atoms with E-state index in [4.69, 9.17) is 0 Å². The first-order valence-corrected chi connectivity index (χ1v) is 11.8. The van der Waals surface area contributed by atoms with Gasteiger partial charge in [0.1, 0.15) is 6.54 Å². The number of carbonyl (C=O) groups excluding carboxylic acids is 3. The van der Waals surface area contributed by atoms with Crippen molar-refractivity contribution in [3.8, 4) is 0 Å². The van der Waals surface area contributed by atoms with Crippen molar-refractivity contribution in [3.63, 3.8) is 0 Å². The summed E-state index contributed by atoms with van der Waals surface area (Å²) in [7, 11) is 3.81. The fraction of sp³-hybridized carbons (Fsp3) is 0.560. The summed E-state index contributed by atoms with van der Waals surface area (Å²) in [5.41, 5.74) is 1.20. The van der Waals surface area contributed by atoms with Gasteiger partial charge in [0.05, 0.1) is 5.56 Å². The molecular weight excluding hydrogens is 404 g/mol. The van der Waals surface area contributed by atoms with Gasteiger partial charge >= 0.3 is 0 Å². The van der Waals surface area contributed by atoms with Crippen LogP contribution in [0, 0.1) is 0 Å².